The SMILES string of the molecule is BrCCN(c1ccncc1Br)C1CCCC1. The molecule has 1 aromatic rings. The van der Waals surface area contributed by atoms with Gasteiger partial charge in [-0.05, 0) is 34.8 Å². The average molecular weight is 348 g/mol. The van der Waals surface area contributed by atoms with Crippen molar-refractivity contribution in [1.29, 1.82) is 0 Å². The number of hydrogen-bond donors (Lipinski definition) is 0. The second-order valence-electron chi connectivity index (χ2n) is 4.15. The van der Waals surface area contributed by atoms with Crippen LogP contribution < -0.4 is 4.90 Å². The summed E-state index contributed by atoms with van der Waals surface area (Å²) in [6.45, 7) is 1.06. The Morgan fingerprint density at radius 1 is 1.38 bits per heavy atom. The highest BCUT2D eigenvalue weighted by Gasteiger charge is 2.23. The van der Waals surface area contributed by atoms with E-state index in [0.29, 0.717) is 6.04 Å². The highest BCUT2D eigenvalue weighted by molar-refractivity contribution is 9.10. The van der Waals surface area contributed by atoms with E-state index in [1.54, 1.807) is 0 Å². The Kier molecular flexibility index (Phi) is 4.65. The molecular formula is C12H16Br2N2. The van der Waals surface area contributed by atoms with E-state index in [1.807, 2.05) is 12.4 Å². The smallest absolute Gasteiger partial charge is 0.0592 e. The Morgan fingerprint density at radius 3 is 2.75 bits per heavy atom. The third kappa shape index (κ3) is 2.77. The molecule has 1 fully saturated rings. The number of aromatic nitrogens is 1. The first-order chi connectivity index (χ1) is 7.83. The number of alkyl halides is 1. The summed E-state index contributed by atoms with van der Waals surface area (Å²) in [5, 5.41) is 1.01. The Bertz CT molecular complexity index is 338. The van der Waals surface area contributed by atoms with Gasteiger partial charge in [0.05, 0.1) is 10.2 Å². The largest absolute Gasteiger partial charge is 0.367 e. The van der Waals surface area contributed by atoms with Crippen molar-refractivity contribution in [3.63, 3.8) is 0 Å². The molecule has 0 radical (unpaired) electrons. The summed E-state index contributed by atoms with van der Waals surface area (Å²) in [6, 6.07) is 2.81. The van der Waals surface area contributed by atoms with Gasteiger partial charge in [-0.1, -0.05) is 28.8 Å². The molecular weight excluding hydrogens is 332 g/mol. The minimum Gasteiger partial charge on any atom is -0.367 e. The van der Waals surface area contributed by atoms with Gasteiger partial charge in [-0.15, -0.1) is 0 Å². The molecule has 0 atom stereocenters. The maximum Gasteiger partial charge on any atom is 0.0592 e. The molecule has 0 aromatic carbocycles. The third-order valence-corrected chi connectivity index (χ3v) is 4.12. The zero-order valence-electron chi connectivity index (χ0n) is 9.20. The van der Waals surface area contributed by atoms with Gasteiger partial charge in [-0.2, -0.15) is 0 Å². The summed E-state index contributed by atoms with van der Waals surface area (Å²) in [4.78, 5) is 6.64. The maximum atomic E-state index is 4.13. The summed E-state index contributed by atoms with van der Waals surface area (Å²) >= 11 is 7.14. The van der Waals surface area contributed by atoms with E-state index in [9.17, 15) is 0 Å². The zero-order chi connectivity index (χ0) is 11.4. The first-order valence-corrected chi connectivity index (χ1v) is 7.66. The van der Waals surface area contributed by atoms with E-state index in [-0.39, 0.29) is 0 Å². The fraction of sp³-hybridized carbons (Fsp3) is 0.583. The van der Waals surface area contributed by atoms with Crippen molar-refractivity contribution in [3.8, 4) is 0 Å². The molecule has 0 unspecified atom stereocenters. The summed E-state index contributed by atoms with van der Waals surface area (Å²) in [5.41, 5.74) is 1.28. The van der Waals surface area contributed by atoms with Crippen LogP contribution in [-0.2, 0) is 0 Å². The molecule has 0 N–H and O–H groups in total. The van der Waals surface area contributed by atoms with Gasteiger partial charge in [0.25, 0.3) is 0 Å². The van der Waals surface area contributed by atoms with Crippen molar-refractivity contribution < 1.29 is 0 Å². The topological polar surface area (TPSA) is 16.1 Å². The minimum atomic E-state index is 0.705. The van der Waals surface area contributed by atoms with Crippen molar-refractivity contribution >= 4 is 37.5 Å². The van der Waals surface area contributed by atoms with Crippen LogP contribution in [0.25, 0.3) is 0 Å². The predicted octanol–water partition coefficient (Wildman–Crippen LogP) is 3.99. The van der Waals surface area contributed by atoms with E-state index >= 15 is 0 Å². The lowest BCUT2D eigenvalue weighted by molar-refractivity contribution is 0.621. The molecule has 4 heteroatoms. The second kappa shape index (κ2) is 6.01. The lowest BCUT2D eigenvalue weighted by atomic mass is 10.2. The second-order valence-corrected chi connectivity index (χ2v) is 5.80. The molecule has 2 rings (SSSR count). The van der Waals surface area contributed by atoms with Gasteiger partial charge < -0.3 is 4.90 Å². The van der Waals surface area contributed by atoms with Crippen LogP contribution in [0.4, 0.5) is 5.69 Å². The van der Waals surface area contributed by atoms with E-state index in [4.69, 9.17) is 0 Å². The monoisotopic (exact) mass is 346 g/mol. The average Bonchev–Trinajstić information content (AvgIpc) is 2.80. The molecule has 88 valence electrons. The molecule has 16 heavy (non-hydrogen) atoms. The zero-order valence-corrected chi connectivity index (χ0v) is 12.4. The molecule has 1 heterocycles. The van der Waals surface area contributed by atoms with E-state index in [1.165, 1.54) is 31.4 Å². The number of halogens is 2. The predicted molar refractivity (Wildman–Crippen MR) is 75.3 cm³/mol. The number of pyridine rings is 1. The van der Waals surface area contributed by atoms with Crippen LogP contribution in [-0.4, -0.2) is 22.9 Å². The Hall–Kier alpha value is -0.0900. The molecule has 0 saturated heterocycles. The van der Waals surface area contributed by atoms with Crippen molar-refractivity contribution in [2.24, 2.45) is 0 Å². The summed E-state index contributed by atoms with van der Waals surface area (Å²) in [7, 11) is 0. The molecule has 1 aliphatic carbocycles. The van der Waals surface area contributed by atoms with Gasteiger partial charge in [0, 0.05) is 30.3 Å². The van der Waals surface area contributed by atoms with Crippen molar-refractivity contribution in [2.75, 3.05) is 16.8 Å². The lowest BCUT2D eigenvalue weighted by Crippen LogP contribution is -2.35. The van der Waals surface area contributed by atoms with Crippen LogP contribution in [0.5, 0.6) is 0 Å². The molecule has 0 aliphatic heterocycles. The van der Waals surface area contributed by atoms with E-state index < -0.39 is 0 Å². The molecule has 1 saturated carbocycles. The molecule has 0 bridgehead atoms. The van der Waals surface area contributed by atoms with Crippen molar-refractivity contribution in [2.45, 2.75) is 31.7 Å². The summed E-state index contributed by atoms with van der Waals surface area (Å²) in [5.74, 6) is 0. The third-order valence-electron chi connectivity index (χ3n) is 3.15. The Labute approximate surface area is 114 Å². The van der Waals surface area contributed by atoms with Crippen molar-refractivity contribution in [1.82, 2.24) is 4.98 Å². The quantitative estimate of drug-likeness (QED) is 0.765. The van der Waals surface area contributed by atoms with Crippen LogP contribution in [0.2, 0.25) is 0 Å². The number of rotatable bonds is 4. The number of nitrogens with zero attached hydrogens (tertiary/aromatic N) is 2. The minimum absolute atomic E-state index is 0.705. The highest BCUT2D eigenvalue weighted by atomic mass is 79.9. The molecule has 2 nitrogen and oxygen atoms in total. The van der Waals surface area contributed by atoms with Gasteiger partial charge in [0.2, 0.25) is 0 Å². The molecule has 0 amide bonds. The molecule has 1 aromatic heterocycles. The van der Waals surface area contributed by atoms with Crippen LogP contribution in [0.1, 0.15) is 25.7 Å². The fourth-order valence-corrected chi connectivity index (χ4v) is 3.27. The first kappa shape index (κ1) is 12.4. The lowest BCUT2D eigenvalue weighted by Gasteiger charge is -2.31. The first-order valence-electron chi connectivity index (χ1n) is 5.75. The van der Waals surface area contributed by atoms with Crippen LogP contribution in [0, 0.1) is 0 Å². The maximum absolute atomic E-state index is 4.13. The van der Waals surface area contributed by atoms with Crippen molar-refractivity contribution in [3.05, 3.63) is 22.9 Å². The Balaban J connectivity index is 2.21. The fourth-order valence-electron chi connectivity index (χ4n) is 2.41. The van der Waals surface area contributed by atoms with Gasteiger partial charge in [-0.3, -0.25) is 4.98 Å². The molecule has 0 spiro atoms. The van der Waals surface area contributed by atoms with Crippen LogP contribution in [0.3, 0.4) is 0 Å². The summed E-state index contributed by atoms with van der Waals surface area (Å²) in [6.07, 6.45) is 9.13. The van der Waals surface area contributed by atoms with Crippen LogP contribution >= 0.6 is 31.9 Å². The van der Waals surface area contributed by atoms with E-state index in [0.717, 1.165) is 16.3 Å². The summed E-state index contributed by atoms with van der Waals surface area (Å²) < 4.78 is 1.10. The van der Waals surface area contributed by atoms with Gasteiger partial charge >= 0.3 is 0 Å². The van der Waals surface area contributed by atoms with Gasteiger partial charge in [-0.25, -0.2) is 0 Å². The highest BCUT2D eigenvalue weighted by Crippen LogP contribution is 2.32. The van der Waals surface area contributed by atoms with Gasteiger partial charge in [0.15, 0.2) is 0 Å². The van der Waals surface area contributed by atoms with Crippen LogP contribution in [0.15, 0.2) is 22.9 Å². The van der Waals surface area contributed by atoms with Gasteiger partial charge in [0.1, 0.15) is 0 Å². The standard InChI is InChI=1S/C12H16Br2N2/c13-6-8-16(10-3-1-2-4-10)12-5-7-15-9-11(12)14/h5,7,9-10H,1-4,6,8H2. The number of anilines is 1. The number of hydrogen-bond acceptors (Lipinski definition) is 2. The molecule has 1 aliphatic rings. The Morgan fingerprint density at radius 2 is 2.12 bits per heavy atom. The van der Waals surface area contributed by atoms with E-state index in [2.05, 4.69) is 47.8 Å². The normalized spacial score (nSPS) is 16.6.